The molecule has 0 spiro atoms. The van der Waals surface area contributed by atoms with Crippen molar-refractivity contribution in [3.63, 3.8) is 0 Å². The van der Waals surface area contributed by atoms with Gasteiger partial charge in [0.1, 0.15) is 6.10 Å². The molecule has 2 aliphatic heterocycles. The van der Waals surface area contributed by atoms with Gasteiger partial charge in [-0.1, -0.05) is 13.0 Å². The molecular weight excluding hydrogens is 479 g/mol. The Morgan fingerprint density at radius 3 is 2.40 bits per heavy atom. The number of carbonyl (C=O) groups excluding carboxylic acids is 3. The molecule has 186 valence electrons. The highest BCUT2D eigenvalue weighted by Gasteiger charge is 2.65. The third-order valence-corrected chi connectivity index (χ3v) is 6.57. The van der Waals surface area contributed by atoms with Crippen molar-refractivity contribution in [2.75, 3.05) is 12.4 Å². The molecule has 12 heteroatoms. The molecule has 7 nitrogen and oxygen atoms in total. The topological polar surface area (TPSA) is 93.7 Å². The van der Waals surface area contributed by atoms with Crippen molar-refractivity contribution >= 4 is 23.4 Å². The summed E-state index contributed by atoms with van der Waals surface area (Å²) < 4.78 is 80.4. The van der Waals surface area contributed by atoms with Crippen LogP contribution in [0.5, 0.6) is 5.75 Å². The molecule has 2 aliphatic rings. The lowest BCUT2D eigenvalue weighted by Crippen LogP contribution is -2.47. The first-order valence-electron chi connectivity index (χ1n) is 10.4. The van der Waals surface area contributed by atoms with Gasteiger partial charge in [0.05, 0.1) is 18.2 Å². The van der Waals surface area contributed by atoms with Crippen LogP contribution in [0.2, 0.25) is 0 Å². The predicted molar refractivity (Wildman–Crippen MR) is 111 cm³/mol. The van der Waals surface area contributed by atoms with Gasteiger partial charge in [0, 0.05) is 23.1 Å². The van der Waals surface area contributed by atoms with Gasteiger partial charge in [-0.15, -0.1) is 0 Å². The number of benzene rings is 2. The highest BCUT2D eigenvalue weighted by atomic mass is 19.4. The molecule has 2 aromatic rings. The summed E-state index contributed by atoms with van der Waals surface area (Å²) in [6.07, 6.45) is -6.70. The minimum atomic E-state index is -4.91. The fraction of sp³-hybridized carbons (Fsp3) is 0.348. The van der Waals surface area contributed by atoms with Crippen molar-refractivity contribution in [3.8, 4) is 5.75 Å². The number of ether oxygens (including phenoxy) is 2. The molecule has 1 saturated heterocycles. The van der Waals surface area contributed by atoms with Crippen LogP contribution in [0.3, 0.4) is 0 Å². The second kappa shape index (κ2) is 8.29. The van der Waals surface area contributed by atoms with Crippen LogP contribution in [-0.2, 0) is 9.53 Å². The van der Waals surface area contributed by atoms with Crippen molar-refractivity contribution in [1.29, 1.82) is 0 Å². The highest BCUT2D eigenvalue weighted by molar-refractivity contribution is 6.22. The summed E-state index contributed by atoms with van der Waals surface area (Å²) in [6.45, 7) is 1.97. The number of methoxy groups -OCH3 is 1. The molecule has 35 heavy (non-hydrogen) atoms. The van der Waals surface area contributed by atoms with Crippen LogP contribution < -0.4 is 15.4 Å². The molecule has 4 unspecified atom stereocenters. The molecule has 0 saturated carbocycles. The van der Waals surface area contributed by atoms with E-state index in [0.717, 1.165) is 26.2 Å². The van der Waals surface area contributed by atoms with E-state index in [0.29, 0.717) is 0 Å². The van der Waals surface area contributed by atoms with Gasteiger partial charge < -0.3 is 14.8 Å². The SMILES string of the molecule is COc1c(C2C(C(=O)Nc3ccc4c(c3)C(=O)NC4=O)OC(C)(C(F)(F)F)C2C)ccc(F)c1F. The second-order valence-corrected chi connectivity index (χ2v) is 8.47. The Kier molecular flexibility index (Phi) is 5.82. The van der Waals surface area contributed by atoms with Crippen LogP contribution in [-0.4, -0.2) is 42.7 Å². The van der Waals surface area contributed by atoms with Crippen LogP contribution in [0.15, 0.2) is 30.3 Å². The normalized spacial score (nSPS) is 25.9. The maximum Gasteiger partial charge on any atom is 0.417 e. The van der Waals surface area contributed by atoms with Crippen LogP contribution in [0.4, 0.5) is 27.6 Å². The Bertz CT molecular complexity index is 1250. The Labute approximate surface area is 195 Å². The lowest BCUT2D eigenvalue weighted by atomic mass is 9.77. The lowest BCUT2D eigenvalue weighted by Gasteiger charge is -2.32. The largest absolute Gasteiger partial charge is 0.493 e. The van der Waals surface area contributed by atoms with Crippen molar-refractivity contribution < 1.29 is 45.8 Å². The molecule has 0 radical (unpaired) electrons. The summed E-state index contributed by atoms with van der Waals surface area (Å²) in [5.41, 5.74) is -2.91. The Balaban J connectivity index is 1.75. The highest BCUT2D eigenvalue weighted by Crippen LogP contribution is 2.55. The van der Waals surface area contributed by atoms with Gasteiger partial charge in [0.2, 0.25) is 5.82 Å². The number of halogens is 5. The minimum Gasteiger partial charge on any atom is -0.493 e. The molecular formula is C23H19F5N2O5. The third kappa shape index (κ3) is 3.81. The third-order valence-electron chi connectivity index (χ3n) is 6.57. The molecule has 2 N–H and O–H groups in total. The minimum absolute atomic E-state index is 0.0199. The maximum absolute atomic E-state index is 14.4. The number of hydrogen-bond donors (Lipinski definition) is 2. The number of alkyl halides is 3. The van der Waals surface area contributed by atoms with E-state index in [-0.39, 0.29) is 22.4 Å². The average molecular weight is 498 g/mol. The van der Waals surface area contributed by atoms with E-state index < -0.39 is 64.8 Å². The van der Waals surface area contributed by atoms with Crippen LogP contribution in [0, 0.1) is 17.6 Å². The summed E-state index contributed by atoms with van der Waals surface area (Å²) in [5.74, 6) is -8.46. The smallest absolute Gasteiger partial charge is 0.417 e. The maximum atomic E-state index is 14.4. The molecule has 0 aromatic heterocycles. The number of amides is 3. The Morgan fingerprint density at radius 1 is 1.11 bits per heavy atom. The average Bonchev–Trinajstić information content (AvgIpc) is 3.23. The van der Waals surface area contributed by atoms with Gasteiger partial charge in [-0.05, 0) is 31.2 Å². The number of anilines is 1. The molecule has 2 heterocycles. The van der Waals surface area contributed by atoms with Crippen LogP contribution in [0.1, 0.15) is 46.0 Å². The second-order valence-electron chi connectivity index (χ2n) is 8.47. The van der Waals surface area contributed by atoms with Gasteiger partial charge in [-0.25, -0.2) is 4.39 Å². The first-order valence-corrected chi connectivity index (χ1v) is 10.4. The van der Waals surface area contributed by atoms with E-state index in [4.69, 9.17) is 9.47 Å². The molecule has 4 rings (SSSR count). The van der Waals surface area contributed by atoms with Gasteiger partial charge in [0.15, 0.2) is 17.2 Å². The number of fused-ring (bicyclic) bond motifs is 1. The van der Waals surface area contributed by atoms with Gasteiger partial charge in [-0.3, -0.25) is 19.7 Å². The number of carbonyl (C=O) groups is 3. The molecule has 4 atom stereocenters. The van der Waals surface area contributed by atoms with E-state index >= 15 is 0 Å². The summed E-state index contributed by atoms with van der Waals surface area (Å²) in [7, 11) is 1.02. The summed E-state index contributed by atoms with van der Waals surface area (Å²) >= 11 is 0. The molecule has 2 aromatic carbocycles. The summed E-state index contributed by atoms with van der Waals surface area (Å²) in [6, 6.07) is 5.55. The zero-order valence-electron chi connectivity index (χ0n) is 18.5. The van der Waals surface area contributed by atoms with E-state index in [1.54, 1.807) is 0 Å². The first kappa shape index (κ1) is 24.6. The molecule has 3 amide bonds. The van der Waals surface area contributed by atoms with Crippen molar-refractivity contribution in [2.45, 2.75) is 37.6 Å². The van der Waals surface area contributed by atoms with E-state index in [2.05, 4.69) is 10.6 Å². The van der Waals surface area contributed by atoms with Crippen molar-refractivity contribution in [1.82, 2.24) is 5.32 Å². The fourth-order valence-electron chi connectivity index (χ4n) is 4.50. The molecule has 0 aliphatic carbocycles. The Morgan fingerprint density at radius 2 is 1.77 bits per heavy atom. The quantitative estimate of drug-likeness (QED) is 0.492. The van der Waals surface area contributed by atoms with Gasteiger partial charge in [-0.2, -0.15) is 17.6 Å². The lowest BCUT2D eigenvalue weighted by molar-refractivity contribution is -0.272. The van der Waals surface area contributed by atoms with Crippen molar-refractivity contribution in [3.05, 3.63) is 58.7 Å². The van der Waals surface area contributed by atoms with Crippen LogP contribution in [0.25, 0.3) is 0 Å². The number of imide groups is 1. The fourth-order valence-corrected chi connectivity index (χ4v) is 4.50. The first-order chi connectivity index (χ1) is 16.3. The molecule has 1 fully saturated rings. The van der Waals surface area contributed by atoms with E-state index in [1.165, 1.54) is 25.1 Å². The number of hydrogen-bond acceptors (Lipinski definition) is 5. The number of rotatable bonds is 4. The van der Waals surface area contributed by atoms with Gasteiger partial charge in [0.25, 0.3) is 17.7 Å². The van der Waals surface area contributed by atoms with Gasteiger partial charge >= 0.3 is 6.18 Å². The Hall–Kier alpha value is -3.54. The monoisotopic (exact) mass is 498 g/mol. The summed E-state index contributed by atoms with van der Waals surface area (Å²) in [4.78, 5) is 36.8. The summed E-state index contributed by atoms with van der Waals surface area (Å²) in [5, 5.41) is 4.47. The van der Waals surface area contributed by atoms with Crippen LogP contribution >= 0.6 is 0 Å². The zero-order valence-corrected chi connectivity index (χ0v) is 18.5. The van der Waals surface area contributed by atoms with E-state index in [1.807, 2.05) is 0 Å². The van der Waals surface area contributed by atoms with E-state index in [9.17, 15) is 36.3 Å². The molecule has 0 bridgehead atoms. The number of nitrogens with one attached hydrogen (secondary N) is 2. The standard InChI is InChI=1S/C23H19F5N2O5/c1-9-15(12-6-7-14(24)16(25)17(12)34-3)18(35-22(9,2)23(26,27)28)21(33)29-10-4-5-11-13(8-10)20(32)30-19(11)31/h4-9,15,18H,1-3H3,(H,29,33)(H,30,31,32). The predicted octanol–water partition coefficient (Wildman–Crippen LogP) is 3.94. The zero-order chi connectivity index (χ0) is 25.9. The van der Waals surface area contributed by atoms with Crippen molar-refractivity contribution in [2.24, 2.45) is 5.92 Å².